The fourth-order valence-corrected chi connectivity index (χ4v) is 3.26. The number of halogens is 1. The molecule has 1 aromatic rings. The van der Waals surface area contributed by atoms with Crippen molar-refractivity contribution in [3.63, 3.8) is 0 Å². The Bertz CT molecular complexity index is 440. The van der Waals surface area contributed by atoms with Crippen molar-refractivity contribution in [3.05, 3.63) is 28.8 Å². The van der Waals surface area contributed by atoms with Crippen LogP contribution in [0.1, 0.15) is 39.2 Å². The second-order valence-electron chi connectivity index (χ2n) is 6.66. The second kappa shape index (κ2) is 5.72. The van der Waals surface area contributed by atoms with Gasteiger partial charge in [0.25, 0.3) is 0 Å². The van der Waals surface area contributed by atoms with Crippen LogP contribution in [0.4, 0.5) is 5.69 Å². The molecule has 0 aromatic heterocycles. The van der Waals surface area contributed by atoms with Gasteiger partial charge in [-0.2, -0.15) is 0 Å². The van der Waals surface area contributed by atoms with Crippen LogP contribution in [0.2, 0.25) is 5.02 Å². The van der Waals surface area contributed by atoms with E-state index in [-0.39, 0.29) is 6.04 Å². The minimum atomic E-state index is 0.177. The Morgan fingerprint density at radius 3 is 2.74 bits per heavy atom. The summed E-state index contributed by atoms with van der Waals surface area (Å²) >= 11 is 6.46. The molecule has 1 heterocycles. The lowest BCUT2D eigenvalue weighted by atomic mass is 9.84. The van der Waals surface area contributed by atoms with E-state index in [1.165, 1.54) is 24.1 Å². The van der Waals surface area contributed by atoms with Crippen molar-refractivity contribution in [2.24, 2.45) is 11.1 Å². The van der Waals surface area contributed by atoms with E-state index in [9.17, 15) is 0 Å². The molecule has 1 fully saturated rings. The summed E-state index contributed by atoms with van der Waals surface area (Å²) in [6, 6.07) is 6.56. The summed E-state index contributed by atoms with van der Waals surface area (Å²) in [6.45, 7) is 8.87. The molecule has 1 aromatic carbocycles. The molecule has 19 heavy (non-hydrogen) atoms. The quantitative estimate of drug-likeness (QED) is 0.911. The minimum absolute atomic E-state index is 0.177. The average Bonchev–Trinajstić information content (AvgIpc) is 2.26. The molecule has 2 N–H and O–H groups in total. The third-order valence-corrected chi connectivity index (χ3v) is 4.11. The van der Waals surface area contributed by atoms with E-state index >= 15 is 0 Å². The highest BCUT2D eigenvalue weighted by Crippen LogP contribution is 2.35. The number of anilines is 1. The number of nitrogens with zero attached hydrogens (tertiary/aromatic N) is 1. The molecule has 1 aliphatic rings. The molecule has 0 saturated carbocycles. The third kappa shape index (κ3) is 3.87. The van der Waals surface area contributed by atoms with E-state index in [0.29, 0.717) is 5.41 Å². The van der Waals surface area contributed by atoms with Crippen molar-refractivity contribution in [3.8, 4) is 0 Å². The van der Waals surface area contributed by atoms with Gasteiger partial charge in [-0.3, -0.25) is 0 Å². The van der Waals surface area contributed by atoms with Gasteiger partial charge in [-0.05, 0) is 49.3 Å². The Kier molecular flexibility index (Phi) is 4.42. The van der Waals surface area contributed by atoms with Gasteiger partial charge in [0, 0.05) is 19.1 Å². The molecule has 0 amide bonds. The standard InChI is InChI=1S/C16H25ClN2/c1-12(18)9-13-5-6-15(14(17)10-13)19-8-4-7-16(2,3)11-19/h5-6,10,12H,4,7-9,11,18H2,1-3H3. The Hall–Kier alpha value is -0.730. The molecular weight excluding hydrogens is 256 g/mol. The van der Waals surface area contributed by atoms with Gasteiger partial charge in [0.2, 0.25) is 0 Å². The average molecular weight is 281 g/mol. The van der Waals surface area contributed by atoms with Crippen LogP contribution in [-0.2, 0) is 6.42 Å². The van der Waals surface area contributed by atoms with Gasteiger partial charge in [-0.1, -0.05) is 31.5 Å². The number of nitrogens with two attached hydrogens (primary N) is 1. The maximum absolute atomic E-state index is 6.46. The zero-order chi connectivity index (χ0) is 14.0. The summed E-state index contributed by atoms with van der Waals surface area (Å²) in [7, 11) is 0. The summed E-state index contributed by atoms with van der Waals surface area (Å²) in [5.41, 5.74) is 8.61. The van der Waals surface area contributed by atoms with Crippen LogP contribution in [0.25, 0.3) is 0 Å². The van der Waals surface area contributed by atoms with Crippen LogP contribution in [0.15, 0.2) is 18.2 Å². The topological polar surface area (TPSA) is 29.3 Å². The summed E-state index contributed by atoms with van der Waals surface area (Å²) in [5, 5.41) is 0.857. The Balaban J connectivity index is 2.16. The van der Waals surface area contributed by atoms with Gasteiger partial charge in [-0.15, -0.1) is 0 Å². The smallest absolute Gasteiger partial charge is 0.0642 e. The van der Waals surface area contributed by atoms with Crippen molar-refractivity contribution >= 4 is 17.3 Å². The van der Waals surface area contributed by atoms with Crippen LogP contribution >= 0.6 is 11.6 Å². The molecule has 1 unspecified atom stereocenters. The van der Waals surface area contributed by atoms with Gasteiger partial charge < -0.3 is 10.6 Å². The summed E-state index contributed by atoms with van der Waals surface area (Å²) in [5.74, 6) is 0. The third-order valence-electron chi connectivity index (χ3n) is 3.81. The number of benzene rings is 1. The summed E-state index contributed by atoms with van der Waals surface area (Å²) < 4.78 is 0. The predicted octanol–water partition coefficient (Wildman–Crippen LogP) is 3.86. The van der Waals surface area contributed by atoms with Gasteiger partial charge in [0.05, 0.1) is 10.7 Å². The van der Waals surface area contributed by atoms with Crippen molar-refractivity contribution in [2.45, 2.75) is 46.1 Å². The number of hydrogen-bond donors (Lipinski definition) is 1. The zero-order valence-electron chi connectivity index (χ0n) is 12.2. The molecule has 3 heteroatoms. The minimum Gasteiger partial charge on any atom is -0.370 e. The molecule has 0 radical (unpaired) electrons. The molecule has 106 valence electrons. The van der Waals surface area contributed by atoms with Gasteiger partial charge in [0.15, 0.2) is 0 Å². The first-order valence-electron chi connectivity index (χ1n) is 7.16. The SMILES string of the molecule is CC(N)Cc1ccc(N2CCCC(C)(C)C2)c(Cl)c1. The Morgan fingerprint density at radius 2 is 2.16 bits per heavy atom. The second-order valence-corrected chi connectivity index (χ2v) is 7.06. The zero-order valence-corrected chi connectivity index (χ0v) is 13.0. The van der Waals surface area contributed by atoms with Gasteiger partial charge >= 0.3 is 0 Å². The molecule has 1 saturated heterocycles. The molecule has 1 aliphatic heterocycles. The number of rotatable bonds is 3. The van der Waals surface area contributed by atoms with Gasteiger partial charge in [0.1, 0.15) is 0 Å². The van der Waals surface area contributed by atoms with Crippen LogP contribution in [-0.4, -0.2) is 19.1 Å². The highest BCUT2D eigenvalue weighted by molar-refractivity contribution is 6.33. The van der Waals surface area contributed by atoms with Crippen LogP contribution < -0.4 is 10.6 Å². The lowest BCUT2D eigenvalue weighted by molar-refractivity contribution is 0.293. The maximum atomic E-state index is 6.46. The first-order chi connectivity index (χ1) is 8.87. The van der Waals surface area contributed by atoms with Crippen molar-refractivity contribution < 1.29 is 0 Å². The number of hydrogen-bond acceptors (Lipinski definition) is 2. The van der Waals surface area contributed by atoms with E-state index < -0.39 is 0 Å². The van der Waals surface area contributed by atoms with E-state index in [1.807, 2.05) is 6.92 Å². The first-order valence-corrected chi connectivity index (χ1v) is 7.54. The molecular formula is C16H25ClN2. The summed E-state index contributed by atoms with van der Waals surface area (Å²) in [4.78, 5) is 2.42. The van der Waals surface area contributed by atoms with E-state index in [1.54, 1.807) is 0 Å². The Labute approximate surface area is 121 Å². The highest BCUT2D eigenvalue weighted by atomic mass is 35.5. The van der Waals surface area contributed by atoms with E-state index in [4.69, 9.17) is 17.3 Å². The van der Waals surface area contributed by atoms with Crippen molar-refractivity contribution in [2.75, 3.05) is 18.0 Å². The van der Waals surface area contributed by atoms with Crippen LogP contribution in [0.5, 0.6) is 0 Å². The fourth-order valence-electron chi connectivity index (χ4n) is 2.93. The molecule has 0 bridgehead atoms. The molecule has 1 atom stereocenters. The Morgan fingerprint density at radius 1 is 1.42 bits per heavy atom. The van der Waals surface area contributed by atoms with E-state index in [2.05, 4.69) is 36.9 Å². The van der Waals surface area contributed by atoms with Crippen molar-refractivity contribution in [1.82, 2.24) is 0 Å². The molecule has 0 aliphatic carbocycles. The predicted molar refractivity (Wildman–Crippen MR) is 84.0 cm³/mol. The normalized spacial score (nSPS) is 20.4. The number of piperidine rings is 1. The molecule has 0 spiro atoms. The lowest BCUT2D eigenvalue weighted by Gasteiger charge is -2.39. The van der Waals surface area contributed by atoms with E-state index in [0.717, 1.165) is 24.5 Å². The summed E-state index contributed by atoms with van der Waals surface area (Å²) in [6.07, 6.45) is 3.42. The van der Waals surface area contributed by atoms with Crippen molar-refractivity contribution in [1.29, 1.82) is 0 Å². The first kappa shape index (κ1) is 14.7. The maximum Gasteiger partial charge on any atom is 0.0642 e. The highest BCUT2D eigenvalue weighted by Gasteiger charge is 2.27. The monoisotopic (exact) mass is 280 g/mol. The van der Waals surface area contributed by atoms with Gasteiger partial charge in [-0.25, -0.2) is 0 Å². The van der Waals surface area contributed by atoms with Crippen LogP contribution in [0, 0.1) is 5.41 Å². The largest absolute Gasteiger partial charge is 0.370 e. The fraction of sp³-hybridized carbons (Fsp3) is 0.625. The molecule has 2 rings (SSSR count). The van der Waals surface area contributed by atoms with Crippen LogP contribution in [0.3, 0.4) is 0 Å². The lowest BCUT2D eigenvalue weighted by Crippen LogP contribution is -2.40. The molecule has 2 nitrogen and oxygen atoms in total.